The van der Waals surface area contributed by atoms with Crippen molar-refractivity contribution >= 4 is 12.4 Å². The lowest BCUT2D eigenvalue weighted by Gasteiger charge is -2.40. The predicted octanol–water partition coefficient (Wildman–Crippen LogP) is 0.994. The highest BCUT2D eigenvalue weighted by Crippen LogP contribution is 2.26. The van der Waals surface area contributed by atoms with Crippen LogP contribution in [0, 0.1) is 0 Å². The van der Waals surface area contributed by atoms with Gasteiger partial charge in [-0.1, -0.05) is 0 Å². The summed E-state index contributed by atoms with van der Waals surface area (Å²) in [6.07, 6.45) is 5.38. The minimum Gasteiger partial charge on any atom is -0.326 e. The molecule has 0 bridgehead atoms. The smallest absolute Gasteiger partial charge is 0.0247 e. The van der Waals surface area contributed by atoms with Crippen LogP contribution in [0.25, 0.3) is 0 Å². The molecule has 1 heterocycles. The molecule has 2 unspecified atom stereocenters. The molecule has 2 rings (SSSR count). The molecule has 2 nitrogen and oxygen atoms in total. The third-order valence-electron chi connectivity index (χ3n) is 2.90. The van der Waals surface area contributed by atoms with Gasteiger partial charge in [-0.15, -0.1) is 12.4 Å². The van der Waals surface area contributed by atoms with Crippen LogP contribution in [-0.4, -0.2) is 30.1 Å². The fraction of sp³-hybridized carbons (Fsp3) is 1.00. The van der Waals surface area contributed by atoms with Gasteiger partial charge in [-0.05, 0) is 38.8 Å². The number of nitrogens with two attached hydrogens (primary N) is 1. The topological polar surface area (TPSA) is 29.3 Å². The first-order valence-electron chi connectivity index (χ1n) is 4.37. The van der Waals surface area contributed by atoms with Crippen molar-refractivity contribution in [3.63, 3.8) is 0 Å². The first kappa shape index (κ1) is 9.30. The molecule has 2 aliphatic rings. The summed E-state index contributed by atoms with van der Waals surface area (Å²) in [5.41, 5.74) is 5.86. The number of halogens is 1. The largest absolute Gasteiger partial charge is 0.326 e. The molecule has 1 saturated heterocycles. The van der Waals surface area contributed by atoms with E-state index in [0.29, 0.717) is 6.04 Å². The summed E-state index contributed by atoms with van der Waals surface area (Å²) < 4.78 is 0. The van der Waals surface area contributed by atoms with Gasteiger partial charge in [0.1, 0.15) is 0 Å². The molecule has 1 aliphatic carbocycles. The zero-order valence-corrected chi connectivity index (χ0v) is 7.65. The minimum absolute atomic E-state index is 0. The first-order valence-corrected chi connectivity index (χ1v) is 4.37. The zero-order valence-electron chi connectivity index (χ0n) is 6.83. The Morgan fingerprint density at radius 3 is 2.09 bits per heavy atom. The van der Waals surface area contributed by atoms with E-state index in [1.807, 2.05) is 0 Å². The van der Waals surface area contributed by atoms with Gasteiger partial charge in [-0.3, -0.25) is 4.90 Å². The Balaban J connectivity index is 0.000000605. The molecule has 0 radical (unpaired) electrons. The molecular formula is C8H17ClN2. The molecule has 1 aliphatic heterocycles. The minimum atomic E-state index is 0. The second kappa shape index (κ2) is 3.74. The fourth-order valence-electron chi connectivity index (χ4n) is 2.03. The van der Waals surface area contributed by atoms with Crippen LogP contribution < -0.4 is 5.73 Å². The SMILES string of the molecule is Cl.NC1CCC1N1CCCC1. The average molecular weight is 177 g/mol. The van der Waals surface area contributed by atoms with E-state index >= 15 is 0 Å². The van der Waals surface area contributed by atoms with Crippen LogP contribution in [0.3, 0.4) is 0 Å². The Hall–Kier alpha value is 0.210. The highest BCUT2D eigenvalue weighted by atomic mass is 35.5. The summed E-state index contributed by atoms with van der Waals surface area (Å²) in [5.74, 6) is 0. The van der Waals surface area contributed by atoms with Crippen LogP contribution in [0.15, 0.2) is 0 Å². The summed E-state index contributed by atoms with van der Waals surface area (Å²) in [7, 11) is 0. The van der Waals surface area contributed by atoms with Gasteiger partial charge in [-0.2, -0.15) is 0 Å². The van der Waals surface area contributed by atoms with E-state index in [1.165, 1.54) is 38.8 Å². The highest BCUT2D eigenvalue weighted by molar-refractivity contribution is 5.85. The van der Waals surface area contributed by atoms with Gasteiger partial charge in [0.05, 0.1) is 0 Å². The number of likely N-dealkylation sites (tertiary alicyclic amines) is 1. The number of hydrogen-bond acceptors (Lipinski definition) is 2. The van der Waals surface area contributed by atoms with Crippen LogP contribution in [0.4, 0.5) is 0 Å². The Bertz CT molecular complexity index is 123. The second-order valence-corrected chi connectivity index (χ2v) is 3.55. The zero-order chi connectivity index (χ0) is 6.97. The van der Waals surface area contributed by atoms with Crippen LogP contribution in [0.1, 0.15) is 25.7 Å². The lowest BCUT2D eigenvalue weighted by Crippen LogP contribution is -2.53. The molecule has 0 aromatic heterocycles. The van der Waals surface area contributed by atoms with Gasteiger partial charge in [0.25, 0.3) is 0 Å². The Morgan fingerprint density at radius 2 is 1.73 bits per heavy atom. The number of rotatable bonds is 1. The molecule has 0 amide bonds. The van der Waals surface area contributed by atoms with Crippen molar-refractivity contribution in [3.05, 3.63) is 0 Å². The van der Waals surface area contributed by atoms with Gasteiger partial charge < -0.3 is 5.73 Å². The maximum absolute atomic E-state index is 5.86. The molecule has 66 valence electrons. The first-order chi connectivity index (χ1) is 4.88. The summed E-state index contributed by atoms with van der Waals surface area (Å²) in [5, 5.41) is 0. The van der Waals surface area contributed by atoms with Crippen molar-refractivity contribution in [2.24, 2.45) is 5.73 Å². The predicted molar refractivity (Wildman–Crippen MR) is 49.1 cm³/mol. The molecular weight excluding hydrogens is 160 g/mol. The molecule has 2 fully saturated rings. The monoisotopic (exact) mass is 176 g/mol. The van der Waals surface area contributed by atoms with Crippen molar-refractivity contribution in [3.8, 4) is 0 Å². The molecule has 0 aromatic rings. The Kier molecular flexibility index (Phi) is 3.16. The highest BCUT2D eigenvalue weighted by Gasteiger charge is 2.33. The van der Waals surface area contributed by atoms with E-state index in [1.54, 1.807) is 0 Å². The fourth-order valence-corrected chi connectivity index (χ4v) is 2.03. The number of hydrogen-bond donors (Lipinski definition) is 1. The molecule has 3 heteroatoms. The van der Waals surface area contributed by atoms with Gasteiger partial charge in [0, 0.05) is 12.1 Å². The summed E-state index contributed by atoms with van der Waals surface area (Å²) >= 11 is 0. The van der Waals surface area contributed by atoms with Crippen LogP contribution >= 0.6 is 12.4 Å². The number of nitrogens with zero attached hydrogens (tertiary/aromatic N) is 1. The summed E-state index contributed by atoms with van der Waals surface area (Å²) in [4.78, 5) is 2.56. The summed E-state index contributed by atoms with van der Waals surface area (Å²) in [6.45, 7) is 2.61. The lowest BCUT2D eigenvalue weighted by atomic mass is 9.86. The van der Waals surface area contributed by atoms with E-state index in [-0.39, 0.29) is 12.4 Å². The van der Waals surface area contributed by atoms with Crippen molar-refractivity contribution in [2.45, 2.75) is 37.8 Å². The molecule has 2 N–H and O–H groups in total. The molecule has 0 spiro atoms. The van der Waals surface area contributed by atoms with Gasteiger partial charge in [0.15, 0.2) is 0 Å². The molecule has 2 atom stereocenters. The Labute approximate surface area is 74.5 Å². The van der Waals surface area contributed by atoms with Crippen LogP contribution in [0.5, 0.6) is 0 Å². The van der Waals surface area contributed by atoms with Crippen LogP contribution in [-0.2, 0) is 0 Å². The standard InChI is InChI=1S/C8H16N2.ClH/c9-7-3-4-8(7)10-5-1-2-6-10;/h7-8H,1-6,9H2;1H. The molecule has 1 saturated carbocycles. The van der Waals surface area contributed by atoms with Gasteiger partial charge in [0.2, 0.25) is 0 Å². The average Bonchev–Trinajstić information content (AvgIpc) is 2.37. The quantitative estimate of drug-likeness (QED) is 0.646. The van der Waals surface area contributed by atoms with E-state index in [9.17, 15) is 0 Å². The van der Waals surface area contributed by atoms with E-state index in [4.69, 9.17) is 5.73 Å². The summed E-state index contributed by atoms with van der Waals surface area (Å²) in [6, 6.07) is 1.25. The van der Waals surface area contributed by atoms with Crippen molar-refractivity contribution < 1.29 is 0 Å². The third kappa shape index (κ3) is 1.68. The third-order valence-corrected chi connectivity index (χ3v) is 2.90. The van der Waals surface area contributed by atoms with Gasteiger partial charge in [-0.25, -0.2) is 0 Å². The van der Waals surface area contributed by atoms with Crippen LogP contribution in [0.2, 0.25) is 0 Å². The maximum Gasteiger partial charge on any atom is 0.0247 e. The lowest BCUT2D eigenvalue weighted by molar-refractivity contribution is 0.131. The molecule has 0 aromatic carbocycles. The van der Waals surface area contributed by atoms with Crippen molar-refractivity contribution in [2.75, 3.05) is 13.1 Å². The maximum atomic E-state index is 5.86. The normalized spacial score (nSPS) is 37.9. The van der Waals surface area contributed by atoms with E-state index < -0.39 is 0 Å². The second-order valence-electron chi connectivity index (χ2n) is 3.55. The van der Waals surface area contributed by atoms with Gasteiger partial charge >= 0.3 is 0 Å². The molecule has 11 heavy (non-hydrogen) atoms. The Morgan fingerprint density at radius 1 is 1.09 bits per heavy atom. The van der Waals surface area contributed by atoms with Crippen molar-refractivity contribution in [1.29, 1.82) is 0 Å². The van der Waals surface area contributed by atoms with Crippen molar-refractivity contribution in [1.82, 2.24) is 4.90 Å². The van der Waals surface area contributed by atoms with E-state index in [0.717, 1.165) is 6.04 Å². The van der Waals surface area contributed by atoms with E-state index in [2.05, 4.69) is 4.90 Å².